The standard InChI is InChI=1S/C17H24N4O2S/c1-3-19-16(20-8-9-23-15-5-4-7-18-11-15)21-13-17(2,22)14-6-10-24-12-14/h4-7,10-12,22H,3,8-9,13H2,1-2H3,(H2,19,20,21). The summed E-state index contributed by atoms with van der Waals surface area (Å²) in [6.07, 6.45) is 3.39. The highest BCUT2D eigenvalue weighted by molar-refractivity contribution is 7.08. The third-order valence-electron chi connectivity index (χ3n) is 3.33. The predicted molar refractivity (Wildman–Crippen MR) is 97.6 cm³/mol. The molecule has 0 aromatic carbocycles. The molecule has 24 heavy (non-hydrogen) atoms. The minimum Gasteiger partial charge on any atom is -0.490 e. The van der Waals surface area contributed by atoms with Crippen LogP contribution in [0.5, 0.6) is 5.75 Å². The fourth-order valence-electron chi connectivity index (χ4n) is 2.01. The van der Waals surface area contributed by atoms with Crippen LogP contribution in [0.25, 0.3) is 0 Å². The van der Waals surface area contributed by atoms with E-state index in [9.17, 15) is 5.11 Å². The molecule has 3 N–H and O–H groups in total. The number of aliphatic hydroxyl groups is 1. The molecule has 0 saturated heterocycles. The van der Waals surface area contributed by atoms with E-state index in [0.717, 1.165) is 17.9 Å². The third-order valence-corrected chi connectivity index (χ3v) is 4.01. The zero-order chi connectivity index (χ0) is 17.3. The van der Waals surface area contributed by atoms with Crippen LogP contribution in [-0.2, 0) is 5.60 Å². The molecule has 1 atom stereocenters. The van der Waals surface area contributed by atoms with Gasteiger partial charge >= 0.3 is 0 Å². The van der Waals surface area contributed by atoms with E-state index in [-0.39, 0.29) is 6.54 Å². The first kappa shape index (κ1) is 18.2. The number of ether oxygens (including phenoxy) is 1. The average Bonchev–Trinajstić information content (AvgIpc) is 3.13. The van der Waals surface area contributed by atoms with Crippen LogP contribution in [0.1, 0.15) is 19.4 Å². The molecule has 2 aromatic rings. The summed E-state index contributed by atoms with van der Waals surface area (Å²) in [4.78, 5) is 8.47. The highest BCUT2D eigenvalue weighted by Gasteiger charge is 2.23. The third kappa shape index (κ3) is 5.82. The Bertz CT molecular complexity index is 615. The van der Waals surface area contributed by atoms with Gasteiger partial charge in [-0.05, 0) is 48.4 Å². The van der Waals surface area contributed by atoms with E-state index in [1.807, 2.05) is 35.9 Å². The van der Waals surface area contributed by atoms with Crippen molar-refractivity contribution in [3.05, 3.63) is 46.9 Å². The van der Waals surface area contributed by atoms with Crippen LogP contribution in [0.15, 0.2) is 46.3 Å². The first-order valence-corrected chi connectivity index (χ1v) is 8.86. The first-order valence-electron chi connectivity index (χ1n) is 7.92. The van der Waals surface area contributed by atoms with Gasteiger partial charge in [-0.2, -0.15) is 11.3 Å². The van der Waals surface area contributed by atoms with E-state index < -0.39 is 5.60 Å². The van der Waals surface area contributed by atoms with Crippen LogP contribution < -0.4 is 15.4 Å². The average molecular weight is 348 g/mol. The lowest BCUT2D eigenvalue weighted by molar-refractivity contribution is 0.0677. The van der Waals surface area contributed by atoms with Crippen molar-refractivity contribution < 1.29 is 9.84 Å². The number of nitrogens with zero attached hydrogens (tertiary/aromatic N) is 2. The van der Waals surface area contributed by atoms with Crippen molar-refractivity contribution in [3.63, 3.8) is 0 Å². The highest BCUT2D eigenvalue weighted by Crippen LogP contribution is 2.23. The topological polar surface area (TPSA) is 78.8 Å². The zero-order valence-electron chi connectivity index (χ0n) is 14.0. The van der Waals surface area contributed by atoms with Crippen molar-refractivity contribution in [2.45, 2.75) is 19.4 Å². The lowest BCUT2D eigenvalue weighted by Gasteiger charge is -2.21. The Morgan fingerprint density at radius 3 is 2.96 bits per heavy atom. The molecular formula is C17H24N4O2S. The summed E-state index contributed by atoms with van der Waals surface area (Å²) in [5.74, 6) is 1.39. The van der Waals surface area contributed by atoms with Crippen molar-refractivity contribution >= 4 is 17.3 Å². The van der Waals surface area contributed by atoms with Crippen molar-refractivity contribution in [3.8, 4) is 5.75 Å². The number of hydrogen-bond acceptors (Lipinski definition) is 5. The van der Waals surface area contributed by atoms with Crippen LogP contribution in [0.2, 0.25) is 0 Å². The summed E-state index contributed by atoms with van der Waals surface area (Å²) >= 11 is 1.56. The normalized spacial score (nSPS) is 14.0. The molecule has 0 aliphatic heterocycles. The summed E-state index contributed by atoms with van der Waals surface area (Å²) in [6, 6.07) is 5.62. The summed E-state index contributed by atoms with van der Waals surface area (Å²) in [6.45, 7) is 5.89. The number of nitrogens with one attached hydrogen (secondary N) is 2. The number of aromatic nitrogens is 1. The van der Waals surface area contributed by atoms with Crippen LogP contribution in [0.3, 0.4) is 0 Å². The summed E-state index contributed by atoms with van der Waals surface area (Å²) in [7, 11) is 0. The van der Waals surface area contributed by atoms with Gasteiger partial charge in [0, 0.05) is 12.7 Å². The molecule has 0 aliphatic rings. The maximum absolute atomic E-state index is 10.5. The number of thiophene rings is 1. The lowest BCUT2D eigenvalue weighted by atomic mass is 10.00. The van der Waals surface area contributed by atoms with Gasteiger partial charge in [0.1, 0.15) is 18.0 Å². The van der Waals surface area contributed by atoms with E-state index in [0.29, 0.717) is 19.1 Å². The Kier molecular flexibility index (Phi) is 7.02. The summed E-state index contributed by atoms with van der Waals surface area (Å²) < 4.78 is 5.58. The molecule has 0 saturated carbocycles. The number of pyridine rings is 1. The summed E-state index contributed by atoms with van der Waals surface area (Å²) in [5, 5.41) is 20.8. The van der Waals surface area contributed by atoms with E-state index >= 15 is 0 Å². The molecule has 2 rings (SSSR count). The Hall–Kier alpha value is -2.12. The van der Waals surface area contributed by atoms with Crippen LogP contribution in [-0.4, -0.2) is 42.3 Å². The van der Waals surface area contributed by atoms with Gasteiger partial charge in [0.05, 0.1) is 19.3 Å². The Morgan fingerprint density at radius 2 is 2.29 bits per heavy atom. The van der Waals surface area contributed by atoms with Gasteiger partial charge in [-0.15, -0.1) is 0 Å². The summed E-state index contributed by atoms with van der Waals surface area (Å²) in [5.41, 5.74) is -0.0961. The maximum atomic E-state index is 10.5. The maximum Gasteiger partial charge on any atom is 0.191 e. The van der Waals surface area contributed by atoms with E-state index in [2.05, 4.69) is 20.6 Å². The minimum absolute atomic E-state index is 0.280. The van der Waals surface area contributed by atoms with Gasteiger partial charge in [0.2, 0.25) is 0 Å². The lowest BCUT2D eigenvalue weighted by Crippen LogP contribution is -2.40. The SMILES string of the molecule is CCNC(=NCC(C)(O)c1ccsc1)NCCOc1cccnc1. The van der Waals surface area contributed by atoms with Gasteiger partial charge in [-0.3, -0.25) is 4.98 Å². The van der Waals surface area contributed by atoms with Crippen molar-refractivity contribution in [2.75, 3.05) is 26.2 Å². The largest absolute Gasteiger partial charge is 0.490 e. The molecule has 0 amide bonds. The number of aliphatic imine (C=N–C) groups is 1. The molecule has 2 heterocycles. The molecular weight excluding hydrogens is 324 g/mol. The number of hydrogen-bond donors (Lipinski definition) is 3. The Morgan fingerprint density at radius 1 is 1.42 bits per heavy atom. The first-order chi connectivity index (χ1) is 11.6. The molecule has 0 fully saturated rings. The van der Waals surface area contributed by atoms with E-state index in [4.69, 9.17) is 4.74 Å². The van der Waals surface area contributed by atoms with Gasteiger partial charge in [0.25, 0.3) is 0 Å². The Balaban J connectivity index is 1.82. The molecule has 7 heteroatoms. The van der Waals surface area contributed by atoms with Crippen molar-refractivity contribution in [1.29, 1.82) is 0 Å². The fraction of sp³-hybridized carbons (Fsp3) is 0.412. The zero-order valence-corrected chi connectivity index (χ0v) is 14.8. The smallest absolute Gasteiger partial charge is 0.191 e. The molecule has 1 unspecified atom stereocenters. The monoisotopic (exact) mass is 348 g/mol. The van der Waals surface area contributed by atoms with Gasteiger partial charge in [0.15, 0.2) is 5.96 Å². The highest BCUT2D eigenvalue weighted by atomic mass is 32.1. The molecule has 6 nitrogen and oxygen atoms in total. The van der Waals surface area contributed by atoms with E-state index in [1.54, 1.807) is 30.7 Å². The molecule has 0 radical (unpaired) electrons. The number of rotatable bonds is 8. The van der Waals surface area contributed by atoms with Gasteiger partial charge < -0.3 is 20.5 Å². The van der Waals surface area contributed by atoms with Gasteiger partial charge in [-0.1, -0.05) is 0 Å². The van der Waals surface area contributed by atoms with Crippen LogP contribution >= 0.6 is 11.3 Å². The fourth-order valence-corrected chi connectivity index (χ4v) is 2.79. The second kappa shape index (κ2) is 9.24. The molecule has 0 bridgehead atoms. The minimum atomic E-state index is -0.978. The van der Waals surface area contributed by atoms with E-state index in [1.165, 1.54) is 0 Å². The van der Waals surface area contributed by atoms with Crippen LogP contribution in [0, 0.1) is 0 Å². The molecule has 0 aliphatic carbocycles. The van der Waals surface area contributed by atoms with Crippen molar-refractivity contribution in [1.82, 2.24) is 15.6 Å². The molecule has 130 valence electrons. The predicted octanol–water partition coefficient (Wildman–Crippen LogP) is 1.98. The second-order valence-electron chi connectivity index (χ2n) is 5.45. The second-order valence-corrected chi connectivity index (χ2v) is 6.23. The van der Waals surface area contributed by atoms with Crippen LogP contribution in [0.4, 0.5) is 0 Å². The quantitative estimate of drug-likeness (QED) is 0.386. The molecule has 0 spiro atoms. The van der Waals surface area contributed by atoms with Crippen molar-refractivity contribution in [2.24, 2.45) is 4.99 Å². The molecule has 2 aromatic heterocycles. The number of guanidine groups is 1. The Labute approximate surface area is 146 Å². The van der Waals surface area contributed by atoms with Gasteiger partial charge in [-0.25, -0.2) is 4.99 Å².